The van der Waals surface area contributed by atoms with Gasteiger partial charge in [0, 0.05) is 0 Å². The van der Waals surface area contributed by atoms with Crippen LogP contribution in [-0.4, -0.2) is 10.2 Å². The number of hydrogen-bond donors (Lipinski definition) is 3. The highest BCUT2D eigenvalue weighted by molar-refractivity contribution is 6.38. The van der Waals surface area contributed by atoms with E-state index in [9.17, 15) is 13.2 Å². The van der Waals surface area contributed by atoms with Crippen molar-refractivity contribution in [3.8, 4) is 0 Å². The number of halogens is 5. The van der Waals surface area contributed by atoms with E-state index < -0.39 is 11.7 Å². The number of anilines is 2. The molecule has 1 aromatic heterocycles. The monoisotopic (exact) mass is 338 g/mol. The zero-order valence-corrected chi connectivity index (χ0v) is 11.6. The number of azo groups is 1. The molecule has 0 aliphatic rings. The number of nitrogens with two attached hydrogens (primary N) is 2. The number of hydrogen-bond acceptors (Lipinski definition) is 5. The predicted molar refractivity (Wildman–Crippen MR) is 73.1 cm³/mol. The first-order chi connectivity index (χ1) is 9.70. The lowest BCUT2D eigenvalue weighted by Gasteiger charge is -2.09. The number of nitrogens with zero attached hydrogens (tertiary/aromatic N) is 3. The molecule has 0 saturated carbocycles. The Kier molecular flexibility index (Phi) is 3.97. The van der Waals surface area contributed by atoms with Gasteiger partial charge in [0.25, 0.3) is 0 Å². The summed E-state index contributed by atoms with van der Waals surface area (Å²) in [6.07, 6.45) is -4.57. The average molecular weight is 339 g/mol. The van der Waals surface area contributed by atoms with Gasteiger partial charge in [-0.1, -0.05) is 23.2 Å². The largest absolute Gasteiger partial charge is 0.416 e. The zero-order chi connectivity index (χ0) is 15.8. The second-order valence-corrected chi connectivity index (χ2v) is 4.67. The molecule has 6 nitrogen and oxygen atoms in total. The van der Waals surface area contributed by atoms with Crippen LogP contribution >= 0.6 is 23.2 Å². The molecular formula is C10H7Cl2F3N6. The summed E-state index contributed by atoms with van der Waals surface area (Å²) in [6.45, 7) is 0. The summed E-state index contributed by atoms with van der Waals surface area (Å²) in [7, 11) is 0. The molecule has 0 radical (unpaired) electrons. The van der Waals surface area contributed by atoms with Crippen molar-refractivity contribution in [3.63, 3.8) is 0 Å². The van der Waals surface area contributed by atoms with Crippen molar-refractivity contribution in [2.45, 2.75) is 6.18 Å². The summed E-state index contributed by atoms with van der Waals surface area (Å²) in [5, 5.41) is 12.7. The van der Waals surface area contributed by atoms with Gasteiger partial charge in [-0.05, 0) is 12.1 Å². The van der Waals surface area contributed by atoms with E-state index >= 15 is 0 Å². The van der Waals surface area contributed by atoms with Gasteiger partial charge in [0.1, 0.15) is 11.5 Å². The number of rotatable bonds is 2. The molecule has 0 spiro atoms. The third-order valence-corrected chi connectivity index (χ3v) is 2.96. The molecule has 112 valence electrons. The highest BCUT2D eigenvalue weighted by Crippen LogP contribution is 2.41. The summed E-state index contributed by atoms with van der Waals surface area (Å²) < 4.78 is 37.7. The highest BCUT2D eigenvalue weighted by atomic mass is 35.5. The maximum atomic E-state index is 12.6. The molecule has 5 N–H and O–H groups in total. The normalized spacial score (nSPS) is 12.2. The molecule has 0 amide bonds. The van der Waals surface area contributed by atoms with Crippen molar-refractivity contribution in [2.75, 3.05) is 11.5 Å². The first-order valence-electron chi connectivity index (χ1n) is 5.27. The molecule has 0 aliphatic heterocycles. The van der Waals surface area contributed by atoms with Gasteiger partial charge in [0.2, 0.25) is 0 Å². The van der Waals surface area contributed by atoms with Crippen LogP contribution in [0.4, 0.5) is 36.2 Å². The third-order valence-electron chi connectivity index (χ3n) is 2.39. The van der Waals surface area contributed by atoms with Crippen LogP contribution in [0.2, 0.25) is 10.0 Å². The molecule has 1 heterocycles. The third kappa shape index (κ3) is 3.19. The number of nitrogens with one attached hydrogen (secondary N) is 1. The lowest BCUT2D eigenvalue weighted by Crippen LogP contribution is -2.04. The van der Waals surface area contributed by atoms with E-state index in [-0.39, 0.29) is 33.1 Å². The van der Waals surface area contributed by atoms with Crippen molar-refractivity contribution in [1.29, 1.82) is 0 Å². The smallest absolute Gasteiger partial charge is 0.382 e. The van der Waals surface area contributed by atoms with Crippen LogP contribution in [0.15, 0.2) is 22.4 Å². The lowest BCUT2D eigenvalue weighted by molar-refractivity contribution is -0.137. The minimum atomic E-state index is -4.57. The Balaban J connectivity index is 2.42. The fraction of sp³-hybridized carbons (Fsp3) is 0.100. The fourth-order valence-electron chi connectivity index (χ4n) is 1.39. The zero-order valence-electron chi connectivity index (χ0n) is 10.0. The van der Waals surface area contributed by atoms with E-state index in [2.05, 4.69) is 20.4 Å². The Labute approximate surface area is 125 Å². The van der Waals surface area contributed by atoms with E-state index in [1.807, 2.05) is 0 Å². The van der Waals surface area contributed by atoms with E-state index in [1.54, 1.807) is 0 Å². The molecule has 0 fully saturated rings. The van der Waals surface area contributed by atoms with Gasteiger partial charge >= 0.3 is 6.18 Å². The Morgan fingerprint density at radius 3 is 2.00 bits per heavy atom. The molecule has 2 aromatic rings. The van der Waals surface area contributed by atoms with Crippen molar-refractivity contribution >= 4 is 46.2 Å². The SMILES string of the molecule is Nc1n[nH]c(N)c1N=Nc1c(Cl)cc(C(F)(F)F)cc1Cl. The van der Waals surface area contributed by atoms with E-state index in [0.29, 0.717) is 12.1 Å². The van der Waals surface area contributed by atoms with E-state index in [1.165, 1.54) is 0 Å². The van der Waals surface area contributed by atoms with Crippen LogP contribution in [0.3, 0.4) is 0 Å². The Bertz CT molecular complexity index is 667. The summed E-state index contributed by atoms with van der Waals surface area (Å²) in [5.74, 6) is 0.0332. The second kappa shape index (κ2) is 5.41. The molecule has 0 bridgehead atoms. The van der Waals surface area contributed by atoms with Crippen LogP contribution in [0.25, 0.3) is 0 Å². The summed E-state index contributed by atoms with van der Waals surface area (Å²) in [4.78, 5) is 0. The standard InChI is InChI=1S/C10H7Cl2F3N6/c11-4-1-3(10(13,14)15)2-5(12)6(4)18-19-7-8(16)20-21-9(7)17/h1-2H,(H5,16,17,20,21). The lowest BCUT2D eigenvalue weighted by atomic mass is 10.2. The van der Waals surface area contributed by atoms with Gasteiger partial charge in [-0.15, -0.1) is 10.2 Å². The van der Waals surface area contributed by atoms with Gasteiger partial charge in [-0.25, -0.2) is 0 Å². The van der Waals surface area contributed by atoms with Crippen LogP contribution in [0.5, 0.6) is 0 Å². The Hall–Kier alpha value is -2.00. The first-order valence-corrected chi connectivity index (χ1v) is 6.03. The van der Waals surface area contributed by atoms with Crippen molar-refractivity contribution in [3.05, 3.63) is 27.7 Å². The minimum Gasteiger partial charge on any atom is -0.382 e. The number of nitrogen functional groups attached to an aromatic ring is 2. The maximum Gasteiger partial charge on any atom is 0.416 e. The van der Waals surface area contributed by atoms with Gasteiger partial charge in [-0.2, -0.15) is 18.3 Å². The average Bonchev–Trinajstić information content (AvgIpc) is 2.67. The number of H-pyrrole nitrogens is 1. The molecule has 0 unspecified atom stereocenters. The van der Waals surface area contributed by atoms with Gasteiger partial charge in [-0.3, -0.25) is 5.10 Å². The van der Waals surface area contributed by atoms with Crippen LogP contribution in [0, 0.1) is 0 Å². The molecule has 0 aliphatic carbocycles. The van der Waals surface area contributed by atoms with Crippen molar-refractivity contribution < 1.29 is 13.2 Å². The molecule has 21 heavy (non-hydrogen) atoms. The molecular weight excluding hydrogens is 332 g/mol. The predicted octanol–water partition coefficient (Wildman–Crippen LogP) is 4.32. The highest BCUT2D eigenvalue weighted by Gasteiger charge is 2.32. The van der Waals surface area contributed by atoms with Gasteiger partial charge in [0.05, 0.1) is 15.6 Å². The summed E-state index contributed by atoms with van der Waals surface area (Å²) in [5.41, 5.74) is 9.89. The van der Waals surface area contributed by atoms with Crippen LogP contribution < -0.4 is 11.5 Å². The van der Waals surface area contributed by atoms with Crippen molar-refractivity contribution in [2.24, 2.45) is 10.2 Å². The fourth-order valence-corrected chi connectivity index (χ4v) is 1.96. The minimum absolute atomic E-state index is 0.0181. The van der Waals surface area contributed by atoms with Crippen molar-refractivity contribution in [1.82, 2.24) is 10.2 Å². The Morgan fingerprint density at radius 1 is 1.05 bits per heavy atom. The summed E-state index contributed by atoms with van der Waals surface area (Å²) >= 11 is 11.5. The quantitative estimate of drug-likeness (QED) is 0.710. The summed E-state index contributed by atoms with van der Waals surface area (Å²) in [6, 6.07) is 1.40. The molecule has 1 aromatic carbocycles. The Morgan fingerprint density at radius 2 is 1.57 bits per heavy atom. The van der Waals surface area contributed by atoms with E-state index in [4.69, 9.17) is 34.7 Å². The molecule has 0 saturated heterocycles. The van der Waals surface area contributed by atoms with Crippen LogP contribution in [0.1, 0.15) is 5.56 Å². The number of aromatic amines is 1. The molecule has 11 heteroatoms. The number of benzene rings is 1. The van der Waals surface area contributed by atoms with Crippen LogP contribution in [-0.2, 0) is 6.18 Å². The topological polar surface area (TPSA) is 105 Å². The second-order valence-electron chi connectivity index (χ2n) is 3.86. The first kappa shape index (κ1) is 15.4. The number of aromatic nitrogens is 2. The number of alkyl halides is 3. The molecule has 0 atom stereocenters. The van der Waals surface area contributed by atoms with E-state index in [0.717, 1.165) is 0 Å². The van der Waals surface area contributed by atoms with Gasteiger partial charge in [0.15, 0.2) is 11.5 Å². The maximum absolute atomic E-state index is 12.6. The molecule has 2 rings (SSSR count). The van der Waals surface area contributed by atoms with Gasteiger partial charge < -0.3 is 11.5 Å².